The highest BCUT2D eigenvalue weighted by molar-refractivity contribution is 7.21. The van der Waals surface area contributed by atoms with Crippen molar-refractivity contribution in [1.29, 1.82) is 0 Å². The lowest BCUT2D eigenvalue weighted by atomic mass is 10.0. The van der Waals surface area contributed by atoms with E-state index in [4.69, 9.17) is 4.98 Å². The highest BCUT2D eigenvalue weighted by Crippen LogP contribution is 2.41. The molecule has 0 aliphatic carbocycles. The Morgan fingerprint density at radius 3 is 2.41 bits per heavy atom. The minimum atomic E-state index is -0.653. The van der Waals surface area contributed by atoms with Gasteiger partial charge in [-0.15, -0.1) is 11.3 Å². The van der Waals surface area contributed by atoms with Crippen LogP contribution in [0.2, 0.25) is 0 Å². The number of nitrogens with zero attached hydrogens (tertiary/aromatic N) is 5. The number of hydrogen-bond donors (Lipinski definition) is 3. The van der Waals surface area contributed by atoms with Crippen molar-refractivity contribution in [3.8, 4) is 11.3 Å². The smallest absolute Gasteiger partial charge is 0.329 e. The van der Waals surface area contributed by atoms with Crippen molar-refractivity contribution in [1.82, 2.24) is 29.7 Å². The second-order valence-electron chi connectivity index (χ2n) is 17.2. The number of hydrogen-bond acceptors (Lipinski definition) is 9. The summed E-state index contributed by atoms with van der Waals surface area (Å²) in [4.78, 5) is 61.1. The van der Waals surface area contributed by atoms with Gasteiger partial charge in [-0.05, 0) is 93.2 Å². The molecule has 3 aliphatic heterocycles. The molecule has 2 fully saturated rings. The second kappa shape index (κ2) is 17.8. The van der Waals surface area contributed by atoms with Crippen LogP contribution in [0.5, 0.6) is 0 Å². The molecular formula is C48H56N8O4S. The molecule has 3 aromatic heterocycles. The number of nitrogens with one attached hydrogen (secondary N) is 3. The molecule has 61 heavy (non-hydrogen) atoms. The number of piperidine rings is 1. The van der Waals surface area contributed by atoms with Gasteiger partial charge in [-0.2, -0.15) is 0 Å². The minimum Gasteiger partial charge on any atom is -0.381 e. The largest absolute Gasteiger partial charge is 0.381 e. The lowest BCUT2D eigenvalue weighted by molar-refractivity contribution is -0.135. The van der Waals surface area contributed by atoms with Crippen molar-refractivity contribution in [3.05, 3.63) is 87.7 Å². The van der Waals surface area contributed by atoms with E-state index in [2.05, 4.69) is 86.4 Å². The van der Waals surface area contributed by atoms with Gasteiger partial charge in [0.1, 0.15) is 10.9 Å². The maximum absolute atomic E-state index is 13.1. The number of benzene rings is 3. The number of imidazole rings is 1. The molecule has 3 aliphatic rings. The summed E-state index contributed by atoms with van der Waals surface area (Å²) in [5.41, 5.74) is 7.74. The fraction of sp³-hybridized carbons (Fsp3) is 0.438. The lowest BCUT2D eigenvalue weighted by Crippen LogP contribution is -2.46. The van der Waals surface area contributed by atoms with Gasteiger partial charge in [0.2, 0.25) is 11.8 Å². The number of aromatic nitrogens is 3. The molecule has 0 radical (unpaired) electrons. The molecule has 3 aromatic carbocycles. The molecule has 3 amide bonds. The Morgan fingerprint density at radius 2 is 1.61 bits per heavy atom. The molecule has 0 saturated carbocycles. The Labute approximate surface area is 360 Å². The van der Waals surface area contributed by atoms with Gasteiger partial charge in [-0.25, -0.2) is 9.78 Å². The third-order valence-electron chi connectivity index (χ3n) is 12.9. The number of thiophene rings is 1. The van der Waals surface area contributed by atoms with Crippen molar-refractivity contribution in [2.24, 2.45) is 7.05 Å². The van der Waals surface area contributed by atoms with E-state index in [1.54, 1.807) is 27.5 Å². The minimum absolute atomic E-state index is 0.00987. The van der Waals surface area contributed by atoms with Gasteiger partial charge in [0.15, 0.2) is 0 Å². The first-order valence-corrected chi connectivity index (χ1v) is 23.1. The highest BCUT2D eigenvalue weighted by atomic mass is 32.1. The maximum Gasteiger partial charge on any atom is 0.329 e. The number of carbonyl (C=O) groups excluding carboxylic acids is 3. The van der Waals surface area contributed by atoms with Gasteiger partial charge in [0.25, 0.3) is 5.91 Å². The zero-order valence-corrected chi connectivity index (χ0v) is 36.1. The van der Waals surface area contributed by atoms with Gasteiger partial charge >= 0.3 is 5.69 Å². The third kappa shape index (κ3) is 8.55. The van der Waals surface area contributed by atoms with Crippen LogP contribution in [0, 0.1) is 0 Å². The summed E-state index contributed by atoms with van der Waals surface area (Å²) >= 11 is 1.54. The van der Waals surface area contributed by atoms with Crippen molar-refractivity contribution in [2.45, 2.75) is 89.6 Å². The average Bonchev–Trinajstić information content (AvgIpc) is 3.72. The number of fused-ring (bicyclic) bond motifs is 6. The van der Waals surface area contributed by atoms with Crippen LogP contribution in [0.15, 0.2) is 71.5 Å². The van der Waals surface area contributed by atoms with E-state index in [-0.39, 0.29) is 30.0 Å². The van der Waals surface area contributed by atoms with E-state index < -0.39 is 11.9 Å². The molecule has 12 nitrogen and oxygen atoms in total. The molecule has 2 saturated heterocycles. The maximum atomic E-state index is 13.1. The molecule has 9 rings (SSSR count). The Kier molecular flexibility index (Phi) is 11.9. The van der Waals surface area contributed by atoms with E-state index in [0.29, 0.717) is 13.0 Å². The van der Waals surface area contributed by atoms with Crippen molar-refractivity contribution in [3.63, 3.8) is 0 Å². The molecule has 6 aromatic rings. The normalized spacial score (nSPS) is 18.7. The van der Waals surface area contributed by atoms with E-state index >= 15 is 0 Å². The zero-order valence-electron chi connectivity index (χ0n) is 35.3. The fourth-order valence-electron chi connectivity index (χ4n) is 9.50. The van der Waals surface area contributed by atoms with Crippen LogP contribution in [0.25, 0.3) is 43.3 Å². The Balaban J connectivity index is 0.685. The number of pyridine rings is 1. The SMILES string of the molecule is C[C@@H]1CNc2c(sc3ccc4nc(-c5cccc(N6CCN(CCCCCCCCCCc7ccc8c(c7)n(C)c(=O)n8C7CCC(=O)NC7=O)CC6)c5)ccc4c23)C(=O)N1. The first-order chi connectivity index (χ1) is 29.7. The molecule has 0 spiro atoms. The van der Waals surface area contributed by atoms with Crippen molar-refractivity contribution >= 4 is 72.5 Å². The first-order valence-electron chi connectivity index (χ1n) is 22.2. The second-order valence-corrected chi connectivity index (χ2v) is 18.3. The Hall–Kier alpha value is -5.53. The zero-order chi connectivity index (χ0) is 42.0. The number of unbranched alkanes of at least 4 members (excludes halogenated alkanes) is 7. The monoisotopic (exact) mass is 840 g/mol. The topological polar surface area (TPSA) is 134 Å². The average molecular weight is 841 g/mol. The summed E-state index contributed by atoms with van der Waals surface area (Å²) in [7, 11) is 1.75. The number of amides is 3. The predicted octanol–water partition coefficient (Wildman–Crippen LogP) is 7.78. The van der Waals surface area contributed by atoms with Crippen LogP contribution in [-0.4, -0.2) is 82.1 Å². The van der Waals surface area contributed by atoms with Crippen molar-refractivity contribution < 1.29 is 14.4 Å². The van der Waals surface area contributed by atoms with E-state index in [1.807, 2.05) is 13.0 Å². The summed E-state index contributed by atoms with van der Waals surface area (Å²) in [6, 6.07) is 22.8. The number of piperazine rings is 1. The molecule has 1 unspecified atom stereocenters. The molecule has 0 bridgehead atoms. The highest BCUT2D eigenvalue weighted by Gasteiger charge is 2.31. The van der Waals surface area contributed by atoms with Crippen molar-refractivity contribution in [2.75, 3.05) is 49.5 Å². The quantitative estimate of drug-likeness (QED) is 0.0749. The molecule has 3 N–H and O–H groups in total. The standard InChI is InChI=1S/C48H56N8O4S/c1-31-30-49-44-43-35-16-17-36(51-37(35)18-21-41(43)61-45(44)47(59)50-31)33-13-11-14-34(29-33)55-26-24-54(25-27-55)23-10-8-6-4-3-5-7-9-12-32-15-19-38-40(28-32)53(2)48(60)56(38)39-20-22-42(57)52-46(39)58/h11,13-19,21,28-29,31,39,49H,3-10,12,20,22-27,30H2,1-2H3,(H,50,59)(H,52,57,58)/t31-,39?/m1/s1. The predicted molar refractivity (Wildman–Crippen MR) is 246 cm³/mol. The summed E-state index contributed by atoms with van der Waals surface area (Å²) in [5.74, 6) is -0.692. The Bertz CT molecular complexity index is 2670. The summed E-state index contributed by atoms with van der Waals surface area (Å²) in [5, 5.41) is 11.1. The number of rotatable bonds is 14. The van der Waals surface area contributed by atoms with Gasteiger partial charge in [0, 0.05) is 79.0 Å². The molecule has 2 atom stereocenters. The van der Waals surface area contributed by atoms with Gasteiger partial charge in [0.05, 0.1) is 27.9 Å². The van der Waals surface area contributed by atoms with Gasteiger partial charge < -0.3 is 15.5 Å². The van der Waals surface area contributed by atoms with Crippen LogP contribution in [-0.2, 0) is 23.1 Å². The van der Waals surface area contributed by atoms with E-state index in [1.165, 1.54) is 62.7 Å². The van der Waals surface area contributed by atoms with Gasteiger partial charge in [-0.1, -0.05) is 56.7 Å². The van der Waals surface area contributed by atoms with Crippen LogP contribution in [0.3, 0.4) is 0 Å². The van der Waals surface area contributed by atoms with Crippen LogP contribution in [0.4, 0.5) is 11.4 Å². The van der Waals surface area contributed by atoms with E-state index in [0.717, 1.165) is 92.9 Å². The molecule has 318 valence electrons. The number of carbonyl (C=O) groups is 3. The number of aryl methyl sites for hydroxylation is 2. The first kappa shape index (κ1) is 40.9. The van der Waals surface area contributed by atoms with Crippen LogP contribution in [0.1, 0.15) is 92.4 Å². The van der Waals surface area contributed by atoms with Crippen LogP contribution < -0.4 is 26.5 Å². The van der Waals surface area contributed by atoms with E-state index in [9.17, 15) is 19.2 Å². The Morgan fingerprint density at radius 1 is 0.820 bits per heavy atom. The lowest BCUT2D eigenvalue weighted by Gasteiger charge is -2.36. The molecular weight excluding hydrogens is 785 g/mol. The third-order valence-corrected chi connectivity index (χ3v) is 14.1. The van der Waals surface area contributed by atoms with Gasteiger partial charge in [-0.3, -0.25) is 33.7 Å². The molecule has 6 heterocycles. The fourth-order valence-corrected chi connectivity index (χ4v) is 10.6. The summed E-state index contributed by atoms with van der Waals surface area (Å²) < 4.78 is 4.26. The molecule has 13 heteroatoms. The number of anilines is 2. The summed E-state index contributed by atoms with van der Waals surface area (Å²) in [6.45, 7) is 8.10. The number of imide groups is 1. The summed E-state index contributed by atoms with van der Waals surface area (Å²) in [6.07, 6.45) is 11.5. The van der Waals surface area contributed by atoms with Crippen LogP contribution >= 0.6 is 11.3 Å².